The van der Waals surface area contributed by atoms with E-state index < -0.39 is 33.1 Å². The van der Waals surface area contributed by atoms with Crippen molar-refractivity contribution in [3.63, 3.8) is 0 Å². The highest BCUT2D eigenvalue weighted by Gasteiger charge is 2.35. The van der Waals surface area contributed by atoms with Crippen LogP contribution in [0, 0.1) is 10.1 Å². The Morgan fingerprint density at radius 2 is 1.93 bits per heavy atom. The lowest BCUT2D eigenvalue weighted by atomic mass is 10.1. The summed E-state index contributed by atoms with van der Waals surface area (Å²) in [5.74, 6) is 0. The summed E-state index contributed by atoms with van der Waals surface area (Å²) in [6.07, 6.45) is -4.68. The molecule has 1 aromatic carbocycles. The zero-order valence-corrected chi connectivity index (χ0v) is 7.76. The number of halogens is 4. The van der Waals surface area contributed by atoms with Gasteiger partial charge in [-0.15, -0.1) is 0 Å². The molecule has 0 aliphatic rings. The lowest BCUT2D eigenvalue weighted by Gasteiger charge is -2.09. The van der Waals surface area contributed by atoms with E-state index in [2.05, 4.69) is 0 Å². The van der Waals surface area contributed by atoms with Crippen molar-refractivity contribution in [3.05, 3.63) is 32.8 Å². The van der Waals surface area contributed by atoms with Gasteiger partial charge in [-0.3, -0.25) is 10.1 Å². The molecule has 15 heavy (non-hydrogen) atoms. The van der Waals surface area contributed by atoms with Gasteiger partial charge in [0.05, 0.1) is 15.5 Å². The number of hydrogen-bond acceptors (Lipinski definition) is 3. The van der Waals surface area contributed by atoms with Crippen LogP contribution in [0.1, 0.15) is 5.56 Å². The summed E-state index contributed by atoms with van der Waals surface area (Å²) in [4.78, 5) is 9.42. The number of alkyl halides is 3. The number of anilines is 1. The van der Waals surface area contributed by atoms with Gasteiger partial charge in [0.25, 0.3) is 5.69 Å². The van der Waals surface area contributed by atoms with E-state index in [0.717, 1.165) is 0 Å². The molecular weight excluding hydrogens is 237 g/mol. The number of rotatable bonds is 1. The molecule has 0 aliphatic heterocycles. The maximum atomic E-state index is 12.3. The number of nitrogen functional groups attached to an aromatic ring is 1. The second kappa shape index (κ2) is 3.58. The van der Waals surface area contributed by atoms with Gasteiger partial charge in [0.2, 0.25) is 0 Å². The molecule has 0 atom stereocenters. The van der Waals surface area contributed by atoms with Crippen molar-refractivity contribution in [2.75, 3.05) is 5.73 Å². The number of hydrogen-bond donors (Lipinski definition) is 1. The van der Waals surface area contributed by atoms with Crippen molar-refractivity contribution >= 4 is 23.0 Å². The second-order valence-electron chi connectivity index (χ2n) is 2.61. The van der Waals surface area contributed by atoms with E-state index >= 15 is 0 Å². The Labute approximate surface area is 86.6 Å². The van der Waals surface area contributed by atoms with E-state index in [1.54, 1.807) is 0 Å². The Morgan fingerprint density at radius 1 is 1.40 bits per heavy atom. The van der Waals surface area contributed by atoms with Crippen LogP contribution < -0.4 is 5.73 Å². The van der Waals surface area contributed by atoms with Crippen molar-refractivity contribution in [3.8, 4) is 0 Å². The van der Waals surface area contributed by atoms with Crippen LogP contribution in [-0.4, -0.2) is 4.92 Å². The number of benzene rings is 1. The molecule has 82 valence electrons. The quantitative estimate of drug-likeness (QED) is 0.466. The van der Waals surface area contributed by atoms with E-state index in [-0.39, 0.29) is 0 Å². The highest BCUT2D eigenvalue weighted by Crippen LogP contribution is 2.40. The zero-order chi connectivity index (χ0) is 11.8. The molecule has 0 amide bonds. The predicted octanol–water partition coefficient (Wildman–Crippen LogP) is 2.85. The van der Waals surface area contributed by atoms with Crippen LogP contribution in [0.5, 0.6) is 0 Å². The van der Waals surface area contributed by atoms with Crippen molar-refractivity contribution in [1.29, 1.82) is 0 Å². The number of nitrogens with two attached hydrogens (primary N) is 1. The molecule has 0 aliphatic carbocycles. The molecule has 8 heteroatoms. The molecule has 0 radical (unpaired) electrons. The molecule has 2 N–H and O–H groups in total. The van der Waals surface area contributed by atoms with Gasteiger partial charge in [-0.1, -0.05) is 11.6 Å². The van der Waals surface area contributed by atoms with Crippen LogP contribution in [0.4, 0.5) is 24.5 Å². The monoisotopic (exact) mass is 240 g/mol. The summed E-state index contributed by atoms with van der Waals surface area (Å²) in [6.45, 7) is 0. The third-order valence-electron chi connectivity index (χ3n) is 1.66. The summed E-state index contributed by atoms with van der Waals surface area (Å²) in [6, 6.07) is 1.20. The highest BCUT2D eigenvalue weighted by atomic mass is 35.5. The van der Waals surface area contributed by atoms with E-state index in [1.165, 1.54) is 0 Å². The first kappa shape index (κ1) is 11.6. The molecule has 0 bridgehead atoms. The Morgan fingerprint density at radius 3 is 2.33 bits per heavy atom. The van der Waals surface area contributed by atoms with Crippen LogP contribution in [0.3, 0.4) is 0 Å². The molecule has 1 aromatic rings. The van der Waals surface area contributed by atoms with Gasteiger partial charge < -0.3 is 5.73 Å². The lowest BCUT2D eigenvalue weighted by molar-refractivity contribution is -0.383. The average Bonchev–Trinajstić information content (AvgIpc) is 2.06. The molecule has 4 nitrogen and oxygen atoms in total. The van der Waals surface area contributed by atoms with Crippen LogP contribution in [0.2, 0.25) is 5.02 Å². The van der Waals surface area contributed by atoms with E-state index in [4.69, 9.17) is 17.3 Å². The van der Waals surface area contributed by atoms with Crippen LogP contribution in [0.15, 0.2) is 12.1 Å². The molecule has 0 spiro atoms. The largest absolute Gasteiger partial charge is 0.417 e. The Hall–Kier alpha value is -1.50. The highest BCUT2D eigenvalue weighted by molar-refractivity contribution is 6.34. The Bertz CT molecular complexity index is 419. The standard InChI is InChI=1S/C7H4ClF3N2O2/c8-5-3(7(9,10)11)1-2-4(6(5)12)13(14)15/h1-2H,12H2. The summed E-state index contributed by atoms with van der Waals surface area (Å²) in [5, 5.41) is 9.47. The van der Waals surface area contributed by atoms with Gasteiger partial charge in [-0.25, -0.2) is 0 Å². The van der Waals surface area contributed by atoms with Crippen molar-refractivity contribution in [1.82, 2.24) is 0 Å². The van der Waals surface area contributed by atoms with Gasteiger partial charge in [-0.2, -0.15) is 13.2 Å². The maximum absolute atomic E-state index is 12.3. The molecule has 0 unspecified atom stereocenters. The van der Waals surface area contributed by atoms with Crippen LogP contribution in [-0.2, 0) is 6.18 Å². The Kier molecular flexibility index (Phi) is 2.76. The smallest absolute Gasteiger partial charge is 0.392 e. The number of nitro benzene ring substituents is 1. The first-order valence-electron chi connectivity index (χ1n) is 3.54. The summed E-state index contributed by atoms with van der Waals surface area (Å²) < 4.78 is 36.8. The first-order valence-corrected chi connectivity index (χ1v) is 3.92. The fraction of sp³-hybridized carbons (Fsp3) is 0.143. The van der Waals surface area contributed by atoms with Gasteiger partial charge in [0.1, 0.15) is 5.69 Å². The number of nitro groups is 1. The minimum Gasteiger partial charge on any atom is -0.392 e. The molecule has 0 fully saturated rings. The SMILES string of the molecule is Nc1c([N+](=O)[O-])ccc(C(F)(F)F)c1Cl. The van der Waals surface area contributed by atoms with Gasteiger partial charge in [0, 0.05) is 6.07 Å². The minimum absolute atomic E-state index is 0.525. The van der Waals surface area contributed by atoms with E-state index in [9.17, 15) is 23.3 Å². The minimum atomic E-state index is -4.68. The molecule has 0 saturated heterocycles. The topological polar surface area (TPSA) is 69.2 Å². The molecule has 0 heterocycles. The normalized spacial score (nSPS) is 11.5. The third kappa shape index (κ3) is 2.12. The zero-order valence-electron chi connectivity index (χ0n) is 7.01. The average molecular weight is 241 g/mol. The maximum Gasteiger partial charge on any atom is 0.417 e. The first-order chi connectivity index (χ1) is 6.75. The summed E-state index contributed by atoms with van der Waals surface area (Å²) >= 11 is 5.28. The van der Waals surface area contributed by atoms with Gasteiger partial charge in [0.15, 0.2) is 0 Å². The predicted molar refractivity (Wildman–Crippen MR) is 47.5 cm³/mol. The van der Waals surface area contributed by atoms with Crippen molar-refractivity contribution in [2.24, 2.45) is 0 Å². The lowest BCUT2D eigenvalue weighted by Crippen LogP contribution is -2.08. The number of nitrogens with zero attached hydrogens (tertiary/aromatic N) is 1. The summed E-state index contributed by atoms with van der Waals surface area (Å²) in [7, 11) is 0. The molecular formula is C7H4ClF3N2O2. The van der Waals surface area contributed by atoms with E-state index in [0.29, 0.717) is 12.1 Å². The van der Waals surface area contributed by atoms with Gasteiger partial charge >= 0.3 is 6.18 Å². The summed E-state index contributed by atoms with van der Waals surface area (Å²) in [5.41, 5.74) is 2.59. The van der Waals surface area contributed by atoms with E-state index in [1.807, 2.05) is 0 Å². The molecule has 1 rings (SSSR count). The Balaban J connectivity index is 3.41. The van der Waals surface area contributed by atoms with Crippen molar-refractivity contribution < 1.29 is 18.1 Å². The fourth-order valence-corrected chi connectivity index (χ4v) is 1.23. The van der Waals surface area contributed by atoms with Crippen molar-refractivity contribution in [2.45, 2.75) is 6.18 Å². The molecule has 0 aromatic heterocycles. The van der Waals surface area contributed by atoms with Crippen LogP contribution >= 0.6 is 11.6 Å². The third-order valence-corrected chi connectivity index (χ3v) is 2.07. The fourth-order valence-electron chi connectivity index (χ4n) is 0.961. The molecule has 0 saturated carbocycles. The second-order valence-corrected chi connectivity index (χ2v) is 2.99. The van der Waals surface area contributed by atoms with Crippen LogP contribution in [0.25, 0.3) is 0 Å². The van der Waals surface area contributed by atoms with Gasteiger partial charge in [-0.05, 0) is 6.07 Å².